The molecule has 1 aliphatic carbocycles. The van der Waals surface area contributed by atoms with E-state index in [1.54, 1.807) is 6.07 Å². The van der Waals surface area contributed by atoms with E-state index in [9.17, 15) is 35.7 Å². The second-order valence-electron chi connectivity index (χ2n) is 34.2. The van der Waals surface area contributed by atoms with Gasteiger partial charge in [0.1, 0.15) is 58.4 Å². The molecule has 0 heterocycles. The maximum Gasteiger partial charge on any atom is 0.127 e. The number of hydrogen-bond acceptors (Lipinski definition) is 11. The van der Waals surface area contributed by atoms with E-state index in [2.05, 4.69) is 65.1 Å². The second kappa shape index (κ2) is 52.5. The number of hydrogen-bond donors (Lipinski definition) is 7. The molecule has 0 fully saturated rings. The van der Waals surface area contributed by atoms with E-state index in [1.807, 2.05) is 66.7 Å². The molecule has 0 amide bonds. The summed E-state index contributed by atoms with van der Waals surface area (Å²) >= 11 is 0. The number of fused-ring (bicyclic) bond motifs is 8. The third-order valence-electron chi connectivity index (χ3n) is 23.8. The minimum absolute atomic E-state index is 0.0154. The number of benzene rings is 6. The lowest BCUT2D eigenvalue weighted by Crippen LogP contribution is -2.35. The lowest BCUT2D eigenvalue weighted by molar-refractivity contribution is -0.870. The van der Waals surface area contributed by atoms with Crippen molar-refractivity contribution in [1.29, 1.82) is 0 Å². The van der Waals surface area contributed by atoms with E-state index in [0.29, 0.717) is 88.4 Å². The Morgan fingerprint density at radius 2 is 0.514 bits per heavy atom. The lowest BCUT2D eigenvalue weighted by atomic mass is 9.76. The summed E-state index contributed by atoms with van der Waals surface area (Å²) in [6.45, 7) is 10.9. The molecule has 0 aliphatic heterocycles. The number of azo groups is 1. The minimum Gasteiger partial charge on any atom is -0.508 e. The normalized spacial score (nSPS) is 15.1. The number of phenolic OH excluding ortho intramolecular Hbond substituents is 7. The van der Waals surface area contributed by atoms with Gasteiger partial charge in [-0.05, 0) is 91.9 Å². The van der Waals surface area contributed by atoms with Gasteiger partial charge in [-0.1, -0.05) is 322 Å². The van der Waals surface area contributed by atoms with Crippen LogP contribution in [0.2, 0.25) is 0 Å². The van der Waals surface area contributed by atoms with Crippen molar-refractivity contribution < 1.29 is 49.7 Å². The molecule has 111 heavy (non-hydrogen) atoms. The van der Waals surface area contributed by atoms with Crippen LogP contribution in [0.25, 0.3) is 0 Å². The van der Waals surface area contributed by atoms with E-state index in [4.69, 9.17) is 9.47 Å². The number of aromatic hydroxyl groups is 7. The molecule has 8 bridgehead atoms. The fourth-order valence-electron chi connectivity index (χ4n) is 17.0. The molecule has 0 radical (unpaired) electrons. The Morgan fingerprint density at radius 1 is 0.270 bits per heavy atom. The van der Waals surface area contributed by atoms with Crippen LogP contribution in [0, 0.1) is 0 Å². The summed E-state index contributed by atoms with van der Waals surface area (Å²) in [5.41, 5.74) is 7.12. The topological polar surface area (TPSA) is 185 Å². The molecule has 12 nitrogen and oxygen atoms in total. The Kier molecular flexibility index (Phi) is 43.1. The Hall–Kier alpha value is -6.92. The molecule has 0 saturated heterocycles. The van der Waals surface area contributed by atoms with Crippen LogP contribution in [0.5, 0.6) is 51.7 Å². The fraction of sp³-hybridized carbons (Fsp3) is 0.636. The number of rotatable bonds is 58. The molecular weight excluding hydrogens is 1380 g/mol. The van der Waals surface area contributed by atoms with Gasteiger partial charge in [-0.2, -0.15) is 10.2 Å². The number of quaternary nitrogens is 1. The molecule has 7 rings (SSSR count). The van der Waals surface area contributed by atoms with E-state index in [0.717, 1.165) is 137 Å². The first-order valence-corrected chi connectivity index (χ1v) is 45.2. The predicted molar refractivity (Wildman–Crippen MR) is 464 cm³/mol. The van der Waals surface area contributed by atoms with Gasteiger partial charge < -0.3 is 49.7 Å². The highest BCUT2D eigenvalue weighted by Gasteiger charge is 2.34. The fourth-order valence-corrected chi connectivity index (χ4v) is 17.0. The van der Waals surface area contributed by atoms with Gasteiger partial charge in [0.25, 0.3) is 0 Å². The number of ether oxygens (including phenoxy) is 2. The van der Waals surface area contributed by atoms with Gasteiger partial charge in [-0.25, -0.2) is 0 Å². The summed E-state index contributed by atoms with van der Waals surface area (Å²) in [6, 6.07) is 29.7. The van der Waals surface area contributed by atoms with Crippen molar-refractivity contribution in [2.75, 3.05) is 34.3 Å². The van der Waals surface area contributed by atoms with E-state index >= 15 is 0 Å². The Balaban J connectivity index is 1.34. The Bertz CT molecular complexity index is 3540. The monoisotopic (exact) mass is 1530 g/mol. The van der Waals surface area contributed by atoms with Crippen LogP contribution in [-0.4, -0.2) is 74.5 Å². The van der Waals surface area contributed by atoms with Crippen molar-refractivity contribution >= 4 is 11.4 Å². The third kappa shape index (κ3) is 32.8. The quantitative estimate of drug-likeness (QED) is 0.0111. The van der Waals surface area contributed by atoms with Crippen molar-refractivity contribution in [2.45, 2.75) is 373 Å². The lowest BCUT2D eigenvalue weighted by Gasteiger charge is -2.30. The van der Waals surface area contributed by atoms with Gasteiger partial charge in [0.15, 0.2) is 0 Å². The van der Waals surface area contributed by atoms with Crippen molar-refractivity contribution in [1.82, 2.24) is 0 Å². The molecule has 0 aromatic heterocycles. The number of unbranched alkanes of at least 4 members (excludes halogenated alkanes) is 40. The summed E-state index contributed by atoms with van der Waals surface area (Å²) < 4.78 is 14.0. The van der Waals surface area contributed by atoms with Crippen LogP contribution in [0.15, 0.2) is 107 Å². The van der Waals surface area contributed by atoms with Crippen LogP contribution >= 0.6 is 0 Å². The summed E-state index contributed by atoms with van der Waals surface area (Å²) in [5, 5.41) is 97.8. The van der Waals surface area contributed by atoms with Gasteiger partial charge in [0, 0.05) is 98.9 Å². The first-order chi connectivity index (χ1) is 54.0. The Labute approximate surface area is 673 Å². The summed E-state index contributed by atoms with van der Waals surface area (Å²) in [4.78, 5) is 0. The first kappa shape index (κ1) is 91.3. The summed E-state index contributed by atoms with van der Waals surface area (Å²) in [6.07, 6.45) is 54.5. The molecule has 616 valence electrons. The molecule has 0 spiro atoms. The molecule has 0 saturated carbocycles. The molecule has 1 aliphatic rings. The van der Waals surface area contributed by atoms with Crippen LogP contribution in [-0.2, 0) is 6.61 Å². The third-order valence-corrected chi connectivity index (χ3v) is 23.8. The van der Waals surface area contributed by atoms with Crippen LogP contribution in [0.3, 0.4) is 0 Å². The molecule has 4 atom stereocenters. The highest BCUT2D eigenvalue weighted by atomic mass is 16.5. The number of phenols is 7. The molecule has 6 aromatic rings. The van der Waals surface area contributed by atoms with Gasteiger partial charge in [0.05, 0.1) is 45.7 Å². The van der Waals surface area contributed by atoms with Gasteiger partial charge >= 0.3 is 0 Å². The molecule has 12 heteroatoms. The van der Waals surface area contributed by atoms with Crippen LogP contribution in [0.1, 0.15) is 416 Å². The molecule has 7 N–H and O–H groups in total. The zero-order valence-corrected chi connectivity index (χ0v) is 70.6. The predicted octanol–water partition coefficient (Wildman–Crippen LogP) is 29.7. The van der Waals surface area contributed by atoms with E-state index in [-0.39, 0.29) is 46.9 Å². The van der Waals surface area contributed by atoms with Crippen molar-refractivity contribution in [3.8, 4) is 51.7 Å². The van der Waals surface area contributed by atoms with Gasteiger partial charge in [-0.3, -0.25) is 0 Å². The average Bonchev–Trinajstić information content (AvgIpc) is 0.754. The Morgan fingerprint density at radius 3 is 0.793 bits per heavy atom. The standard InChI is InChI=1S/C99H151N3O9/c1-8-12-16-20-24-28-32-36-40-44-48-53-80-84-67-85(93(104)71-92(84)103)81(54-49-45-41-37-33-29-25-21-17-13-9-2)88-69-89(97(108)73-96(88)107)83(56-51-47-43-39-35-31-27-23-19-15-11-4)91-70-90(82(87-68-86(80)94(105)72-95(87)106)55-50-46-42-38-34-30-26-22-18-14-10-3)98(109)74-99(91)111-75-76-57-59-77(60-58-76)100-101-78-61-63-79(64-62-78)110-66-52-65-102(5,6)7/h57-64,67-74,80-83H,8-56,65-66,75H2,1-7H3,(H6-,103,104,105,106,107,108,109)/p+1. The SMILES string of the molecule is CCCCCCCCCCCCCC1c2cc(c(O)cc2O)C(CCCCCCCCCCCCC)c2cc(c(O)cc2O)C(CCCCCCCCCCCCC)c2cc(c(O)cc2OCc2ccc(N=Nc3ccc(OCCC[N+](C)(C)C)cc3)cc2)C(CCCCCCCCCCCCC)c2cc1c(O)cc2O. The van der Waals surface area contributed by atoms with E-state index in [1.165, 1.54) is 198 Å². The maximum atomic E-state index is 13.1. The zero-order valence-electron chi connectivity index (χ0n) is 70.6. The summed E-state index contributed by atoms with van der Waals surface area (Å²) in [7, 11) is 6.56. The smallest absolute Gasteiger partial charge is 0.127 e. The van der Waals surface area contributed by atoms with Gasteiger partial charge in [0.2, 0.25) is 0 Å². The zero-order chi connectivity index (χ0) is 79.3. The molecule has 6 aromatic carbocycles. The molecular formula is C99H152N3O9+. The maximum absolute atomic E-state index is 13.1. The van der Waals surface area contributed by atoms with Crippen LogP contribution in [0.4, 0.5) is 11.4 Å². The largest absolute Gasteiger partial charge is 0.508 e. The minimum atomic E-state index is -0.568. The van der Waals surface area contributed by atoms with Crippen molar-refractivity contribution in [3.05, 3.63) is 147 Å². The average molecular weight is 1530 g/mol. The highest BCUT2D eigenvalue weighted by Crippen LogP contribution is 2.53. The van der Waals surface area contributed by atoms with Crippen molar-refractivity contribution in [3.63, 3.8) is 0 Å². The molecule has 4 unspecified atom stereocenters. The first-order valence-electron chi connectivity index (χ1n) is 45.2. The summed E-state index contributed by atoms with van der Waals surface area (Å²) in [5.74, 6) is -1.40. The van der Waals surface area contributed by atoms with Crippen LogP contribution < -0.4 is 9.47 Å². The highest BCUT2D eigenvalue weighted by molar-refractivity contribution is 5.62. The number of nitrogens with zero attached hydrogens (tertiary/aromatic N) is 3. The van der Waals surface area contributed by atoms with Gasteiger partial charge in [-0.15, -0.1) is 0 Å². The van der Waals surface area contributed by atoms with E-state index < -0.39 is 23.7 Å². The van der Waals surface area contributed by atoms with Crippen molar-refractivity contribution in [2.24, 2.45) is 10.2 Å². The second-order valence-corrected chi connectivity index (χ2v) is 34.2.